The number of imidazole rings is 1. The molecule has 4 rings (SSSR count). The van der Waals surface area contributed by atoms with E-state index in [0.29, 0.717) is 17.0 Å². The third kappa shape index (κ3) is 4.49. The van der Waals surface area contributed by atoms with Crippen LogP contribution < -0.4 is 11.2 Å². The van der Waals surface area contributed by atoms with Crippen LogP contribution in [0.3, 0.4) is 0 Å². The highest BCUT2D eigenvalue weighted by Gasteiger charge is 2.14. The Labute approximate surface area is 177 Å². The minimum atomic E-state index is -1.000. The molecule has 0 aliphatic rings. The smallest absolute Gasteiger partial charge is 0.335 e. The molecule has 1 aromatic heterocycles. The Bertz CT molecular complexity index is 1230. The number of carbonyl (C=O) groups is 2. The van der Waals surface area contributed by atoms with E-state index in [0.717, 1.165) is 16.6 Å². The molecule has 0 saturated carbocycles. The van der Waals surface area contributed by atoms with Gasteiger partial charge < -0.3 is 15.8 Å². The summed E-state index contributed by atoms with van der Waals surface area (Å²) in [5, 5.41) is 12.8. The van der Waals surface area contributed by atoms with Gasteiger partial charge in [0.2, 0.25) is 0 Å². The number of amides is 1. The molecule has 154 valence electrons. The summed E-state index contributed by atoms with van der Waals surface area (Å²) in [4.78, 5) is 30.9. The lowest BCUT2D eigenvalue weighted by Gasteiger charge is -2.09. The van der Waals surface area contributed by atoms with Crippen LogP contribution in [0.5, 0.6) is 0 Å². The molecule has 1 heterocycles. The number of para-hydroxylation sites is 2. The topological polar surface area (TPSA) is 133 Å². The van der Waals surface area contributed by atoms with Crippen molar-refractivity contribution in [2.24, 2.45) is 10.8 Å². The number of carboxylic acid groups (broad SMARTS) is 1. The number of aromatic amines is 1. The van der Waals surface area contributed by atoms with Crippen LogP contribution in [0.25, 0.3) is 11.0 Å². The van der Waals surface area contributed by atoms with Gasteiger partial charge in [-0.1, -0.05) is 36.4 Å². The minimum Gasteiger partial charge on any atom is -0.478 e. The number of aromatic nitrogens is 2. The molecule has 4 aromatic rings. The Morgan fingerprint density at radius 1 is 1.00 bits per heavy atom. The highest BCUT2D eigenvalue weighted by Crippen LogP contribution is 2.20. The second kappa shape index (κ2) is 8.60. The molecular weight excluding hydrogens is 394 g/mol. The fourth-order valence-corrected chi connectivity index (χ4v) is 3.06. The van der Waals surface area contributed by atoms with Crippen molar-refractivity contribution in [1.29, 1.82) is 0 Å². The third-order valence-corrected chi connectivity index (χ3v) is 4.77. The monoisotopic (exact) mass is 413 g/mol. The second-order valence-corrected chi connectivity index (χ2v) is 6.87. The molecule has 0 aliphatic heterocycles. The second-order valence-electron chi connectivity index (χ2n) is 6.87. The number of fused-ring (bicyclic) bond motifs is 1. The first-order valence-corrected chi connectivity index (χ1v) is 9.48. The lowest BCUT2D eigenvalue weighted by atomic mass is 10.0. The highest BCUT2D eigenvalue weighted by atomic mass is 16.4. The summed E-state index contributed by atoms with van der Waals surface area (Å²) in [6.45, 7) is 0. The van der Waals surface area contributed by atoms with E-state index < -0.39 is 12.0 Å². The zero-order chi connectivity index (χ0) is 21.8. The molecule has 1 atom stereocenters. The Morgan fingerprint density at radius 2 is 1.68 bits per heavy atom. The lowest BCUT2D eigenvalue weighted by Crippen LogP contribution is -2.18. The number of nitrogens with two attached hydrogens (primary N) is 1. The van der Waals surface area contributed by atoms with Gasteiger partial charge in [0.1, 0.15) is 5.82 Å². The van der Waals surface area contributed by atoms with Gasteiger partial charge in [-0.05, 0) is 47.5 Å². The number of rotatable bonds is 6. The maximum absolute atomic E-state index is 12.3. The van der Waals surface area contributed by atoms with Crippen LogP contribution in [0.2, 0.25) is 0 Å². The molecule has 0 spiro atoms. The molecule has 0 fully saturated rings. The van der Waals surface area contributed by atoms with Crippen LogP contribution in [-0.2, 0) is 0 Å². The van der Waals surface area contributed by atoms with E-state index in [1.54, 1.807) is 36.4 Å². The van der Waals surface area contributed by atoms with Crippen LogP contribution in [0.1, 0.15) is 43.7 Å². The zero-order valence-electron chi connectivity index (χ0n) is 16.3. The standard InChI is InChI=1S/C23H19N5O3/c24-20(21-26-18-3-1-2-4-19(18)27-21)15-9-11-16(12-10-15)22(29)28-25-13-14-5-7-17(8-6-14)23(30)31/h1-13,20H,24H2,(H,26,27)(H,28,29)(H,30,31). The number of hydrazone groups is 1. The predicted molar refractivity (Wildman–Crippen MR) is 117 cm³/mol. The number of nitrogens with zero attached hydrogens (tertiary/aromatic N) is 2. The molecular formula is C23H19N5O3. The van der Waals surface area contributed by atoms with E-state index in [-0.39, 0.29) is 11.5 Å². The van der Waals surface area contributed by atoms with Crippen molar-refractivity contribution < 1.29 is 14.7 Å². The highest BCUT2D eigenvalue weighted by molar-refractivity contribution is 5.95. The van der Waals surface area contributed by atoms with Gasteiger partial charge in [-0.3, -0.25) is 4.79 Å². The molecule has 8 heteroatoms. The average Bonchev–Trinajstić information content (AvgIpc) is 3.23. The molecule has 1 amide bonds. The molecule has 0 radical (unpaired) electrons. The van der Waals surface area contributed by atoms with E-state index in [4.69, 9.17) is 10.8 Å². The van der Waals surface area contributed by atoms with E-state index in [9.17, 15) is 9.59 Å². The largest absolute Gasteiger partial charge is 0.478 e. The third-order valence-electron chi connectivity index (χ3n) is 4.77. The molecule has 0 aliphatic carbocycles. The fraction of sp³-hybridized carbons (Fsp3) is 0.0435. The van der Waals surface area contributed by atoms with Crippen molar-refractivity contribution in [1.82, 2.24) is 15.4 Å². The van der Waals surface area contributed by atoms with Crippen molar-refractivity contribution in [2.75, 3.05) is 0 Å². The number of nitrogens with one attached hydrogen (secondary N) is 2. The van der Waals surface area contributed by atoms with Crippen LogP contribution in [0.15, 0.2) is 77.9 Å². The summed E-state index contributed by atoms with van der Waals surface area (Å²) >= 11 is 0. The summed E-state index contributed by atoms with van der Waals surface area (Å²) in [7, 11) is 0. The normalized spacial score (nSPS) is 12.2. The van der Waals surface area contributed by atoms with Crippen molar-refractivity contribution in [3.63, 3.8) is 0 Å². The van der Waals surface area contributed by atoms with Gasteiger partial charge in [-0.2, -0.15) is 5.10 Å². The van der Waals surface area contributed by atoms with Gasteiger partial charge in [0.05, 0.1) is 28.9 Å². The molecule has 3 aromatic carbocycles. The number of hydrogen-bond acceptors (Lipinski definition) is 5. The first-order valence-electron chi connectivity index (χ1n) is 9.48. The van der Waals surface area contributed by atoms with Gasteiger partial charge in [-0.15, -0.1) is 0 Å². The van der Waals surface area contributed by atoms with Crippen LogP contribution >= 0.6 is 0 Å². The molecule has 1 unspecified atom stereocenters. The van der Waals surface area contributed by atoms with Crippen molar-refractivity contribution in [2.45, 2.75) is 6.04 Å². The summed E-state index contributed by atoms with van der Waals surface area (Å²) in [5.41, 5.74) is 12.6. The van der Waals surface area contributed by atoms with E-state index in [1.807, 2.05) is 24.3 Å². The Kier molecular flexibility index (Phi) is 5.55. The Balaban J connectivity index is 1.40. The summed E-state index contributed by atoms with van der Waals surface area (Å²) in [5.74, 6) is -0.723. The summed E-state index contributed by atoms with van der Waals surface area (Å²) < 4.78 is 0. The van der Waals surface area contributed by atoms with E-state index >= 15 is 0 Å². The van der Waals surface area contributed by atoms with Crippen molar-refractivity contribution >= 4 is 29.1 Å². The number of aromatic carboxylic acids is 1. The maximum atomic E-state index is 12.3. The van der Waals surface area contributed by atoms with Gasteiger partial charge in [0.25, 0.3) is 5.91 Å². The molecule has 0 bridgehead atoms. The van der Waals surface area contributed by atoms with Gasteiger partial charge in [0.15, 0.2) is 0 Å². The van der Waals surface area contributed by atoms with Gasteiger partial charge >= 0.3 is 5.97 Å². The van der Waals surface area contributed by atoms with Crippen LogP contribution in [0, 0.1) is 0 Å². The summed E-state index contributed by atoms with van der Waals surface area (Å²) in [6, 6.07) is 20.3. The quantitative estimate of drug-likeness (QED) is 0.285. The Hall–Kier alpha value is -4.30. The van der Waals surface area contributed by atoms with E-state index in [1.165, 1.54) is 18.3 Å². The van der Waals surface area contributed by atoms with Crippen molar-refractivity contribution in [3.05, 3.63) is 101 Å². The van der Waals surface area contributed by atoms with Gasteiger partial charge in [-0.25, -0.2) is 15.2 Å². The predicted octanol–water partition coefficient (Wildman–Crippen LogP) is 3.07. The average molecular weight is 413 g/mol. The number of carbonyl (C=O) groups excluding carboxylic acids is 1. The van der Waals surface area contributed by atoms with Crippen LogP contribution in [-0.4, -0.2) is 33.2 Å². The number of H-pyrrole nitrogens is 1. The molecule has 8 nitrogen and oxygen atoms in total. The first kappa shape index (κ1) is 20.0. The molecule has 31 heavy (non-hydrogen) atoms. The number of hydrogen-bond donors (Lipinski definition) is 4. The fourth-order valence-electron chi connectivity index (χ4n) is 3.06. The molecule has 0 saturated heterocycles. The Morgan fingerprint density at radius 3 is 2.35 bits per heavy atom. The number of carboxylic acids is 1. The van der Waals surface area contributed by atoms with E-state index in [2.05, 4.69) is 20.5 Å². The minimum absolute atomic E-state index is 0.183. The summed E-state index contributed by atoms with van der Waals surface area (Å²) in [6.07, 6.45) is 1.44. The SMILES string of the molecule is NC(c1ccc(C(=O)NN=Cc2ccc(C(=O)O)cc2)cc1)c1nc2ccccc2[nH]1. The maximum Gasteiger partial charge on any atom is 0.335 e. The van der Waals surface area contributed by atoms with Crippen molar-refractivity contribution in [3.8, 4) is 0 Å². The number of benzene rings is 3. The van der Waals surface area contributed by atoms with Gasteiger partial charge in [0, 0.05) is 5.56 Å². The first-order chi connectivity index (χ1) is 15.0. The van der Waals surface area contributed by atoms with Crippen LogP contribution in [0.4, 0.5) is 0 Å². The molecule has 5 N–H and O–H groups in total. The lowest BCUT2D eigenvalue weighted by molar-refractivity contribution is 0.0696. The zero-order valence-corrected chi connectivity index (χ0v) is 16.3.